The number of rotatable bonds is 3. The number of pyridine rings is 1. The summed E-state index contributed by atoms with van der Waals surface area (Å²) in [4.78, 5) is 4.23. The van der Waals surface area contributed by atoms with Gasteiger partial charge in [0.05, 0.1) is 0 Å². The van der Waals surface area contributed by atoms with Crippen molar-refractivity contribution in [1.29, 1.82) is 0 Å². The molecule has 1 heterocycles. The quantitative estimate of drug-likeness (QED) is 0.733. The van der Waals surface area contributed by atoms with Crippen LogP contribution in [0.1, 0.15) is 5.56 Å². The van der Waals surface area contributed by atoms with Crippen LogP contribution < -0.4 is 5.32 Å². The van der Waals surface area contributed by atoms with E-state index in [2.05, 4.69) is 10.7 Å². The molecule has 0 atom stereocenters. The Hall–Kier alpha value is -1.74. The molecule has 2 radical (unpaired) electrons. The summed E-state index contributed by atoms with van der Waals surface area (Å²) in [5.41, 5.74) is 3.06. The Bertz CT molecular complexity index is 465. The smallest absolute Gasteiger partial charge is 0.138 e. The van der Waals surface area contributed by atoms with Crippen LogP contribution in [0, 0.1) is 5.82 Å². The third-order valence-corrected chi connectivity index (χ3v) is 2.97. The Labute approximate surface area is 96.5 Å². The second-order valence-corrected chi connectivity index (χ2v) is 4.38. The average molecular weight is 227 g/mol. The molecule has 78 valence electrons. The van der Waals surface area contributed by atoms with E-state index in [1.54, 1.807) is 18.3 Å². The maximum Gasteiger partial charge on any atom is 0.138 e. The molecule has 1 aromatic carbocycles. The van der Waals surface area contributed by atoms with Crippen molar-refractivity contribution < 1.29 is 4.39 Å². The van der Waals surface area contributed by atoms with E-state index in [9.17, 15) is 4.39 Å². The van der Waals surface area contributed by atoms with E-state index in [4.69, 9.17) is 0 Å². The van der Waals surface area contributed by atoms with Crippen molar-refractivity contribution in [2.24, 2.45) is 0 Å². The van der Waals surface area contributed by atoms with Crippen LogP contribution in [-0.4, -0.2) is 14.5 Å². The minimum absolute atomic E-state index is 0.204. The van der Waals surface area contributed by atoms with Gasteiger partial charge >= 0.3 is 0 Å². The van der Waals surface area contributed by atoms with Crippen molar-refractivity contribution in [2.45, 2.75) is 0 Å². The van der Waals surface area contributed by atoms with Crippen molar-refractivity contribution in [3.63, 3.8) is 0 Å². The fourth-order valence-corrected chi connectivity index (χ4v) is 2.03. The van der Waals surface area contributed by atoms with Gasteiger partial charge in [0.25, 0.3) is 0 Å². The van der Waals surface area contributed by atoms with Crippen LogP contribution in [0.3, 0.4) is 0 Å². The number of hydrogen-bond acceptors (Lipinski definition) is 1. The van der Waals surface area contributed by atoms with Gasteiger partial charge in [-0.2, -0.15) is 0 Å². The summed E-state index contributed by atoms with van der Waals surface area (Å²) in [6.07, 6.45) is 3.76. The molecule has 0 N–H and O–H groups in total. The Balaban J connectivity index is 1.98. The SMILES string of the molecule is Fc1ccc(/C=C/[Si]c2ccccn2)cc1. The summed E-state index contributed by atoms with van der Waals surface area (Å²) in [6.45, 7) is 0. The van der Waals surface area contributed by atoms with Gasteiger partial charge in [-0.05, 0) is 29.8 Å². The molecule has 0 bridgehead atoms. The Morgan fingerprint density at radius 3 is 2.56 bits per heavy atom. The van der Waals surface area contributed by atoms with E-state index >= 15 is 0 Å². The first-order chi connectivity index (χ1) is 7.84. The van der Waals surface area contributed by atoms with Gasteiger partial charge in [0.15, 0.2) is 0 Å². The zero-order valence-corrected chi connectivity index (χ0v) is 9.60. The number of hydrogen-bond donors (Lipinski definition) is 0. The molecular formula is C13H10FNSi. The largest absolute Gasteiger partial charge is 0.266 e. The molecule has 0 saturated carbocycles. The third kappa shape index (κ3) is 3.14. The van der Waals surface area contributed by atoms with Gasteiger partial charge in [0.1, 0.15) is 15.3 Å². The molecule has 3 heteroatoms. The zero-order chi connectivity index (χ0) is 11.2. The summed E-state index contributed by atoms with van der Waals surface area (Å²) < 4.78 is 12.6. The zero-order valence-electron chi connectivity index (χ0n) is 8.60. The van der Waals surface area contributed by atoms with Crippen molar-refractivity contribution in [3.8, 4) is 0 Å². The van der Waals surface area contributed by atoms with Crippen molar-refractivity contribution in [1.82, 2.24) is 4.98 Å². The van der Waals surface area contributed by atoms with Gasteiger partial charge in [0, 0.05) is 11.5 Å². The highest BCUT2D eigenvalue weighted by molar-refractivity contribution is 6.58. The van der Waals surface area contributed by atoms with Gasteiger partial charge in [0.2, 0.25) is 0 Å². The molecule has 1 nitrogen and oxygen atoms in total. The molecule has 16 heavy (non-hydrogen) atoms. The molecule has 2 aromatic rings. The first-order valence-corrected chi connectivity index (χ1v) is 6.02. The molecule has 0 aliphatic heterocycles. The first-order valence-electron chi connectivity index (χ1n) is 4.94. The van der Waals surface area contributed by atoms with E-state index in [1.165, 1.54) is 12.1 Å². The summed E-state index contributed by atoms with van der Waals surface area (Å²) in [6, 6.07) is 12.3. The molecule has 1 aromatic heterocycles. The fraction of sp³-hybridized carbons (Fsp3) is 0. The summed E-state index contributed by atoms with van der Waals surface area (Å²) in [5, 5.41) is 1.06. The van der Waals surface area contributed by atoms with Crippen LogP contribution in [0.25, 0.3) is 6.08 Å². The van der Waals surface area contributed by atoms with Crippen molar-refractivity contribution in [2.75, 3.05) is 0 Å². The standard InChI is InChI=1S/C13H10FNSi/c14-12-6-4-11(5-7-12)8-10-16-13-3-1-2-9-15-13/h1-10H/b10-8+. The van der Waals surface area contributed by atoms with E-state index < -0.39 is 0 Å². The van der Waals surface area contributed by atoms with Gasteiger partial charge in [-0.1, -0.05) is 30.0 Å². The Morgan fingerprint density at radius 2 is 1.88 bits per heavy atom. The first kappa shape index (κ1) is 10.8. The Kier molecular flexibility index (Phi) is 3.61. The van der Waals surface area contributed by atoms with E-state index in [0.29, 0.717) is 9.52 Å². The highest BCUT2D eigenvalue weighted by Crippen LogP contribution is 2.03. The normalized spacial score (nSPS) is 10.8. The number of aromatic nitrogens is 1. The van der Waals surface area contributed by atoms with Crippen LogP contribution in [0.2, 0.25) is 0 Å². The molecule has 2 rings (SSSR count). The van der Waals surface area contributed by atoms with Gasteiger partial charge in [-0.15, -0.1) is 0 Å². The van der Waals surface area contributed by atoms with Crippen LogP contribution in [0.15, 0.2) is 54.4 Å². The topological polar surface area (TPSA) is 12.9 Å². The minimum Gasteiger partial charge on any atom is -0.266 e. The monoisotopic (exact) mass is 227 g/mol. The molecule has 0 aliphatic rings. The fourth-order valence-electron chi connectivity index (χ4n) is 1.25. The number of nitrogens with zero attached hydrogens (tertiary/aromatic N) is 1. The molecule has 0 aliphatic carbocycles. The van der Waals surface area contributed by atoms with Gasteiger partial charge in [-0.3, -0.25) is 4.98 Å². The summed E-state index contributed by atoms with van der Waals surface area (Å²) >= 11 is 0. The maximum atomic E-state index is 12.6. The van der Waals surface area contributed by atoms with Crippen molar-refractivity contribution >= 4 is 20.9 Å². The highest BCUT2D eigenvalue weighted by atomic mass is 28.2. The molecule has 0 unspecified atom stereocenters. The average Bonchev–Trinajstić information content (AvgIpc) is 2.33. The van der Waals surface area contributed by atoms with Crippen LogP contribution in [0.5, 0.6) is 0 Å². The molecular weight excluding hydrogens is 217 g/mol. The summed E-state index contributed by atoms with van der Waals surface area (Å²) in [7, 11) is 0.542. The number of halogens is 1. The van der Waals surface area contributed by atoms with Crippen molar-refractivity contribution in [3.05, 3.63) is 65.7 Å². The maximum absolute atomic E-state index is 12.6. The Morgan fingerprint density at radius 1 is 1.06 bits per heavy atom. The third-order valence-electron chi connectivity index (χ3n) is 2.04. The van der Waals surface area contributed by atoms with Gasteiger partial charge in [-0.25, -0.2) is 4.39 Å². The van der Waals surface area contributed by atoms with Crippen LogP contribution in [-0.2, 0) is 0 Å². The second kappa shape index (κ2) is 5.37. The van der Waals surface area contributed by atoms with Gasteiger partial charge < -0.3 is 0 Å². The molecule has 0 saturated heterocycles. The molecule has 0 spiro atoms. The second-order valence-electron chi connectivity index (χ2n) is 3.24. The lowest BCUT2D eigenvalue weighted by molar-refractivity contribution is 0.628. The van der Waals surface area contributed by atoms with Crippen LogP contribution >= 0.6 is 0 Å². The van der Waals surface area contributed by atoms with Crippen LogP contribution in [0.4, 0.5) is 4.39 Å². The van der Waals surface area contributed by atoms with E-state index in [1.807, 2.05) is 24.3 Å². The minimum atomic E-state index is -0.204. The van der Waals surface area contributed by atoms with E-state index in [-0.39, 0.29) is 5.82 Å². The highest BCUT2D eigenvalue weighted by Gasteiger charge is 1.91. The lowest BCUT2D eigenvalue weighted by atomic mass is 10.2. The molecule has 0 fully saturated rings. The lowest BCUT2D eigenvalue weighted by Gasteiger charge is -1.93. The lowest BCUT2D eigenvalue weighted by Crippen LogP contribution is -2.14. The van der Waals surface area contributed by atoms with E-state index in [0.717, 1.165) is 10.9 Å². The predicted octanol–water partition coefficient (Wildman–Crippen LogP) is 2.22. The molecule has 0 amide bonds. The summed E-state index contributed by atoms with van der Waals surface area (Å²) in [5.74, 6) is -0.204. The predicted molar refractivity (Wildman–Crippen MR) is 65.1 cm³/mol. The number of benzene rings is 1.